The average Bonchev–Trinajstić information content (AvgIpc) is 1.61. The molecule has 460 valence electrons. The summed E-state index contributed by atoms with van der Waals surface area (Å²) < 4.78 is 42.7. The van der Waals surface area contributed by atoms with Gasteiger partial charge in [0.25, 0.3) is 34.4 Å². The summed E-state index contributed by atoms with van der Waals surface area (Å²) >= 11 is 24.1. The summed E-state index contributed by atoms with van der Waals surface area (Å²) in [5, 5.41) is 14.0. The number of carbonyl (C=O) groups excluding carboxylic acids is 6. The highest BCUT2D eigenvalue weighted by Gasteiger charge is 2.45. The van der Waals surface area contributed by atoms with Crippen LogP contribution in [0.3, 0.4) is 0 Å². The van der Waals surface area contributed by atoms with Gasteiger partial charge in [-0.15, -0.1) is 0 Å². The topological polar surface area (TPSA) is 343 Å². The van der Waals surface area contributed by atoms with Gasteiger partial charge in [0, 0.05) is 40.7 Å². The third-order valence-corrected chi connectivity index (χ3v) is 15.6. The van der Waals surface area contributed by atoms with Gasteiger partial charge < -0.3 is 43.0 Å². The number of nitrogens with zero attached hydrogens (tertiary/aromatic N) is 6. The number of hydrogen-bond acceptors (Lipinski definition) is 15. The molecule has 2 aliphatic heterocycles. The van der Waals surface area contributed by atoms with E-state index in [1.165, 1.54) is 108 Å². The quantitative estimate of drug-likeness (QED) is 0.0592. The van der Waals surface area contributed by atoms with E-state index >= 15 is 0 Å². The number of rotatable bonds is 10. The minimum absolute atomic E-state index is 0.00192. The molecule has 2 saturated carbocycles. The number of amides is 5. The van der Waals surface area contributed by atoms with Crippen molar-refractivity contribution in [2.45, 2.75) is 57.8 Å². The molecule has 89 heavy (non-hydrogen) atoms. The Hall–Kier alpha value is -9.09. The van der Waals surface area contributed by atoms with Crippen molar-refractivity contribution in [2.75, 3.05) is 21.7 Å². The number of carbonyl (C=O) groups is 6. The first-order valence-electron chi connectivity index (χ1n) is 26.3. The number of Topliss-reactive ketones (excluding diaryl/α,β-unsaturated/α-hetero) is 1. The van der Waals surface area contributed by atoms with E-state index in [0.29, 0.717) is 34.1 Å². The Morgan fingerprint density at radius 1 is 0.607 bits per heavy atom. The number of primary amides is 1. The molecular formula is C58H48Br2Cl3F3N14O9. The smallest absolute Gasteiger partial charge is 0.277 e. The number of nitrogens with two attached hydrogens (primary N) is 2. The van der Waals surface area contributed by atoms with Crippen molar-refractivity contribution in [3.63, 3.8) is 0 Å². The lowest BCUT2D eigenvalue weighted by Crippen LogP contribution is -2.46. The molecule has 0 bridgehead atoms. The zero-order chi connectivity index (χ0) is 64.8. The van der Waals surface area contributed by atoms with E-state index in [4.69, 9.17) is 46.3 Å². The molecule has 0 radical (unpaired) electrons. The molecule has 2 fully saturated rings. The van der Waals surface area contributed by atoms with Crippen LogP contribution in [0.15, 0.2) is 139 Å². The Bertz CT molecular complexity index is 4360. The van der Waals surface area contributed by atoms with Gasteiger partial charge in [-0.25, -0.2) is 33.1 Å². The summed E-state index contributed by atoms with van der Waals surface area (Å²) in [6.07, 6.45) is 6.24. The molecule has 12 rings (SSSR count). The molecule has 5 aromatic heterocycles. The predicted molar refractivity (Wildman–Crippen MR) is 332 cm³/mol. The van der Waals surface area contributed by atoms with Crippen LogP contribution < -0.4 is 54.7 Å². The van der Waals surface area contributed by atoms with Gasteiger partial charge in [-0.05, 0) is 133 Å². The normalized spacial score (nSPS) is 16.5. The van der Waals surface area contributed by atoms with E-state index in [9.17, 15) is 56.3 Å². The third-order valence-electron chi connectivity index (χ3n) is 13.5. The molecule has 2 atom stereocenters. The van der Waals surface area contributed by atoms with Crippen molar-refractivity contribution < 1.29 is 41.9 Å². The van der Waals surface area contributed by atoms with E-state index in [-0.39, 0.29) is 87.9 Å². The second-order valence-corrected chi connectivity index (χ2v) is 23.1. The predicted octanol–water partition coefficient (Wildman–Crippen LogP) is 9.18. The van der Waals surface area contributed by atoms with Crippen molar-refractivity contribution in [2.24, 2.45) is 17.6 Å². The Kier molecular flexibility index (Phi) is 20.4. The van der Waals surface area contributed by atoms with Crippen LogP contribution in [-0.2, 0) is 20.9 Å². The van der Waals surface area contributed by atoms with Crippen molar-refractivity contribution >= 4 is 131 Å². The lowest BCUT2D eigenvalue weighted by atomic mass is 10.0. The molecule has 7 heterocycles. The number of halogens is 8. The van der Waals surface area contributed by atoms with Crippen molar-refractivity contribution in [1.29, 1.82) is 0 Å². The minimum atomic E-state index is -1.36. The molecule has 0 saturated heterocycles. The number of aromatic amines is 1. The van der Waals surface area contributed by atoms with Gasteiger partial charge >= 0.3 is 0 Å². The molecule has 8 aromatic rings. The fraction of sp³-hybridized carbons (Fsp3) is 0.190. The van der Waals surface area contributed by atoms with Gasteiger partial charge in [0.2, 0.25) is 11.8 Å². The number of ketones is 1. The van der Waals surface area contributed by atoms with Gasteiger partial charge in [0.1, 0.15) is 87.5 Å². The van der Waals surface area contributed by atoms with Gasteiger partial charge in [0.15, 0.2) is 5.78 Å². The van der Waals surface area contributed by atoms with Gasteiger partial charge in [-0.1, -0.05) is 71.2 Å². The molecule has 4 aliphatic rings. The van der Waals surface area contributed by atoms with Crippen LogP contribution in [0.5, 0.6) is 0 Å². The fourth-order valence-electron chi connectivity index (χ4n) is 8.75. The Morgan fingerprint density at radius 3 is 1.54 bits per heavy atom. The number of anilines is 5. The van der Waals surface area contributed by atoms with E-state index in [0.717, 1.165) is 25.7 Å². The number of nitrogen functional groups attached to an aromatic ring is 1. The van der Waals surface area contributed by atoms with Gasteiger partial charge in [-0.3, -0.25) is 52.3 Å². The highest BCUT2D eigenvalue weighted by Crippen LogP contribution is 2.36. The van der Waals surface area contributed by atoms with E-state index in [2.05, 4.69) is 83.4 Å². The van der Waals surface area contributed by atoms with Gasteiger partial charge in [-0.2, -0.15) is 0 Å². The van der Waals surface area contributed by atoms with E-state index in [1.807, 2.05) is 0 Å². The molecular weight excluding hydrogens is 1360 g/mol. The highest BCUT2D eigenvalue weighted by atomic mass is 79.9. The number of hydrogen-bond donors (Lipinski definition) is 8. The maximum atomic E-state index is 13.9. The number of aromatic nitrogens is 7. The lowest BCUT2D eigenvalue weighted by molar-refractivity contribution is -0.118. The number of H-pyrrole nitrogens is 1. The third kappa shape index (κ3) is 15.6. The van der Waals surface area contributed by atoms with Crippen LogP contribution in [-0.4, -0.2) is 69.4 Å². The molecule has 23 nitrogen and oxygen atoms in total. The maximum Gasteiger partial charge on any atom is 0.277 e. The first-order chi connectivity index (χ1) is 42.1. The summed E-state index contributed by atoms with van der Waals surface area (Å²) in [4.78, 5) is 124. The first-order valence-corrected chi connectivity index (χ1v) is 29.0. The van der Waals surface area contributed by atoms with Crippen LogP contribution in [0.2, 0.25) is 15.1 Å². The molecule has 31 heteroatoms. The Labute approximate surface area is 533 Å². The standard InChI is InChI=1S/C22H18ClFN6O3.C14H9BrClFN2O2.C8H7FO.C8H10N4O.C6H4BrClN2O2/c1-22(12-3-2-4-13(24)7-12)29-20(32)18-14(23)8-15(21(33)30(18)22)27-16-9-17(26-10-25-16)28-19(31)11-5-6-11;1-14(7-3-2-4-8(17)5-7)18-12(20)11-10(16)6-9(15)13(21)19(11)14;1-6(10)7-3-2-4-8(9)5-7;9-6-3-7(11-4-10-6)12-8(13)5-1-2-5;7-2-1-3(8)4(5(9)11)10-6(2)12/h2-4,7-11H,5-6H2,1H3,(H,29,32)(H2,25,26,27,28,31);2-6H,1H3,(H,18,20);2-5H,1H3;3-5H,1-2H2,(H3,9,10,11,12,13);1H,(H2,9,11)(H,10,12). The van der Waals surface area contributed by atoms with E-state index < -0.39 is 57.4 Å². The van der Waals surface area contributed by atoms with Crippen LogP contribution in [0.25, 0.3) is 0 Å². The lowest BCUT2D eigenvalue weighted by Gasteiger charge is -2.28. The molecule has 2 aliphatic carbocycles. The number of nitrogens with one attached hydrogen (secondary N) is 6. The molecule has 0 spiro atoms. The second-order valence-electron chi connectivity index (χ2n) is 20.2. The first kappa shape index (κ1) is 65.9. The summed E-state index contributed by atoms with van der Waals surface area (Å²) in [6, 6.07) is 24.0. The summed E-state index contributed by atoms with van der Waals surface area (Å²) in [6.45, 7) is 4.63. The summed E-state index contributed by atoms with van der Waals surface area (Å²) in [5.74, 6) is -1.77. The van der Waals surface area contributed by atoms with Crippen LogP contribution in [0.4, 0.5) is 42.1 Å². The number of fused-ring (bicyclic) bond motifs is 2. The largest absolute Gasteiger partial charge is 0.384 e. The maximum absolute atomic E-state index is 13.9. The van der Waals surface area contributed by atoms with Crippen molar-refractivity contribution in [3.8, 4) is 0 Å². The Balaban J connectivity index is 0.000000156. The van der Waals surface area contributed by atoms with Crippen LogP contribution >= 0.6 is 66.7 Å². The van der Waals surface area contributed by atoms with Crippen molar-refractivity contribution in [1.82, 2.24) is 44.7 Å². The molecule has 10 N–H and O–H groups in total. The van der Waals surface area contributed by atoms with E-state index in [1.54, 1.807) is 38.1 Å². The summed E-state index contributed by atoms with van der Waals surface area (Å²) in [5.41, 5.74) is 7.61. The Morgan fingerprint density at radius 2 is 1.07 bits per heavy atom. The monoisotopic (exact) mass is 1400 g/mol. The fourth-order valence-corrected chi connectivity index (χ4v) is 10.6. The molecule has 3 aromatic carbocycles. The second kappa shape index (κ2) is 27.5. The zero-order valence-electron chi connectivity index (χ0n) is 46.5. The SMILES string of the molecule is CC(=O)c1cccc(F)c1.CC1(c2cccc(F)c2)NC(=O)c2c(Cl)cc(Br)c(=O)n21.CC1(c2cccc(F)c2)NC(=O)c2c(Cl)cc(Nc3cc(NC(=O)C4CC4)ncn3)c(=O)n21.NC(=O)c1[nH]c(=O)c(Br)cc1Cl.Nc1cc(NC(=O)C2CC2)ncn1. The van der Waals surface area contributed by atoms with Gasteiger partial charge in [0.05, 0.1) is 24.0 Å². The minimum Gasteiger partial charge on any atom is -0.384 e. The average molecular weight is 1410 g/mol. The van der Waals surface area contributed by atoms with Crippen LogP contribution in [0.1, 0.15) is 99.4 Å². The van der Waals surface area contributed by atoms with Crippen molar-refractivity contribution in [3.05, 3.63) is 222 Å². The number of pyridine rings is 3. The van der Waals surface area contributed by atoms with Crippen LogP contribution in [0, 0.1) is 29.3 Å². The molecule has 5 amide bonds. The zero-order valence-corrected chi connectivity index (χ0v) is 51.9. The highest BCUT2D eigenvalue weighted by molar-refractivity contribution is 9.10. The number of benzene rings is 3. The summed E-state index contributed by atoms with van der Waals surface area (Å²) in [7, 11) is 0. The molecule has 2 unspecified atom stereocenters.